The van der Waals surface area contributed by atoms with Crippen LogP contribution < -0.4 is 0 Å². The lowest BCUT2D eigenvalue weighted by atomic mass is 9.95. The molecule has 0 spiro atoms. The lowest BCUT2D eigenvalue weighted by molar-refractivity contribution is -0.157. The minimum Gasteiger partial charge on any atom is -0.460 e. The van der Waals surface area contributed by atoms with Gasteiger partial charge in [0, 0.05) is 23.5 Å². The van der Waals surface area contributed by atoms with E-state index in [4.69, 9.17) is 4.74 Å². The highest BCUT2D eigenvalue weighted by Gasteiger charge is 2.22. The third-order valence-corrected chi connectivity index (χ3v) is 4.84. The summed E-state index contributed by atoms with van der Waals surface area (Å²) in [6.07, 6.45) is 7.59. The van der Waals surface area contributed by atoms with Gasteiger partial charge < -0.3 is 9.72 Å². The Morgan fingerprint density at radius 3 is 2.79 bits per heavy atom. The summed E-state index contributed by atoms with van der Waals surface area (Å²) in [5.74, 6) is 0.646. The van der Waals surface area contributed by atoms with E-state index >= 15 is 0 Å². The third kappa shape index (κ3) is 5.40. The van der Waals surface area contributed by atoms with Gasteiger partial charge in [-0.2, -0.15) is 0 Å². The van der Waals surface area contributed by atoms with E-state index in [2.05, 4.69) is 31.0 Å². The largest absolute Gasteiger partial charge is 0.460 e. The van der Waals surface area contributed by atoms with E-state index in [1.54, 1.807) is 0 Å². The number of nitrogens with one attached hydrogen (secondary N) is 1. The summed E-state index contributed by atoms with van der Waals surface area (Å²) in [5.41, 5.74) is 1.92. The van der Waals surface area contributed by atoms with Crippen LogP contribution in [0.2, 0.25) is 0 Å². The summed E-state index contributed by atoms with van der Waals surface area (Å²) in [6.45, 7) is 8.54. The molecule has 1 N–H and O–H groups in total. The summed E-state index contributed by atoms with van der Waals surface area (Å²) >= 11 is 0. The molecule has 1 aromatic heterocycles. The Labute approximate surface area is 145 Å². The predicted octanol–water partition coefficient (Wildman–Crippen LogP) is 5.64. The molecule has 0 aliphatic carbocycles. The molecule has 0 saturated carbocycles. The molecule has 24 heavy (non-hydrogen) atoms. The number of benzene rings is 1. The first-order valence-electron chi connectivity index (χ1n) is 9.18. The molecule has 0 aliphatic rings. The van der Waals surface area contributed by atoms with Gasteiger partial charge in [0.15, 0.2) is 0 Å². The number of rotatable bonds is 9. The number of aryl methyl sites for hydroxylation is 1. The molecule has 2 rings (SSSR count). The first-order chi connectivity index (χ1) is 11.4. The van der Waals surface area contributed by atoms with E-state index in [1.807, 2.05) is 32.2 Å². The second-order valence-electron chi connectivity index (χ2n) is 7.50. The number of carbonyl (C=O) groups is 1. The van der Waals surface area contributed by atoms with E-state index in [0.717, 1.165) is 24.3 Å². The van der Waals surface area contributed by atoms with Gasteiger partial charge >= 0.3 is 5.97 Å². The maximum Gasteiger partial charge on any atom is 0.306 e. The van der Waals surface area contributed by atoms with Crippen LogP contribution in [-0.2, 0) is 16.0 Å². The van der Waals surface area contributed by atoms with Crippen LogP contribution in [0.25, 0.3) is 10.9 Å². The molecule has 2 aromatic rings. The first kappa shape index (κ1) is 18.6. The van der Waals surface area contributed by atoms with Crippen molar-refractivity contribution in [1.82, 2.24) is 4.98 Å². The fourth-order valence-corrected chi connectivity index (χ4v) is 3.07. The van der Waals surface area contributed by atoms with E-state index in [1.165, 1.54) is 23.8 Å². The molecule has 0 bridgehead atoms. The molecule has 0 saturated heterocycles. The van der Waals surface area contributed by atoms with Gasteiger partial charge in [0.25, 0.3) is 0 Å². The first-order valence-corrected chi connectivity index (χ1v) is 9.18. The highest BCUT2D eigenvalue weighted by Crippen LogP contribution is 2.23. The number of ether oxygens (including phenoxy) is 1. The molecule has 0 amide bonds. The van der Waals surface area contributed by atoms with Crippen molar-refractivity contribution in [3.8, 4) is 0 Å². The van der Waals surface area contributed by atoms with Gasteiger partial charge in [0.1, 0.15) is 5.60 Å². The average molecular weight is 329 g/mol. The van der Waals surface area contributed by atoms with Crippen LogP contribution in [0.3, 0.4) is 0 Å². The lowest BCUT2D eigenvalue weighted by Crippen LogP contribution is -2.28. The van der Waals surface area contributed by atoms with Crippen LogP contribution >= 0.6 is 0 Å². The number of esters is 1. The molecular weight excluding hydrogens is 298 g/mol. The third-order valence-electron chi connectivity index (χ3n) is 4.84. The Morgan fingerprint density at radius 1 is 1.29 bits per heavy atom. The monoisotopic (exact) mass is 329 g/mol. The molecule has 0 fully saturated rings. The molecular formula is C21H31NO2. The molecule has 3 nitrogen and oxygen atoms in total. The summed E-state index contributed by atoms with van der Waals surface area (Å²) in [4.78, 5) is 15.5. The maximum absolute atomic E-state index is 12.2. The number of carbonyl (C=O) groups excluding carboxylic acids is 1. The van der Waals surface area contributed by atoms with Gasteiger partial charge in [-0.05, 0) is 50.7 Å². The smallest absolute Gasteiger partial charge is 0.306 e. The number of fused-ring (bicyclic) bond motifs is 1. The molecule has 0 aliphatic heterocycles. The summed E-state index contributed by atoms with van der Waals surface area (Å²) in [6, 6.07) is 8.18. The quantitative estimate of drug-likeness (QED) is 0.605. The molecule has 3 heteroatoms. The standard InChI is InChI=1S/C21H31NO2/c1-5-16(2)9-8-14-21(3,4)24-20(23)13-12-17-15-22-19-11-7-6-10-18(17)19/h6-7,10-11,15-16,22H,5,8-9,12-14H2,1-4H3. The van der Waals surface area contributed by atoms with Crippen LogP contribution in [0.1, 0.15) is 65.4 Å². The lowest BCUT2D eigenvalue weighted by Gasteiger charge is -2.25. The number of hydrogen-bond donors (Lipinski definition) is 1. The summed E-state index contributed by atoms with van der Waals surface area (Å²) < 4.78 is 5.71. The van der Waals surface area contributed by atoms with Gasteiger partial charge in [-0.3, -0.25) is 4.79 Å². The zero-order chi connectivity index (χ0) is 17.6. The summed E-state index contributed by atoms with van der Waals surface area (Å²) in [5, 5.41) is 1.19. The highest BCUT2D eigenvalue weighted by atomic mass is 16.6. The topological polar surface area (TPSA) is 42.1 Å². The Balaban J connectivity index is 1.79. The number of aromatic nitrogens is 1. The van der Waals surface area contributed by atoms with Crippen LogP contribution in [0.5, 0.6) is 0 Å². The molecule has 1 aromatic carbocycles. The number of para-hydroxylation sites is 1. The fourth-order valence-electron chi connectivity index (χ4n) is 3.07. The molecule has 0 radical (unpaired) electrons. The van der Waals surface area contributed by atoms with Gasteiger partial charge in [-0.15, -0.1) is 0 Å². The Kier molecular flexibility index (Phi) is 6.47. The van der Waals surface area contributed by atoms with Crippen molar-refractivity contribution < 1.29 is 9.53 Å². The Bertz CT molecular complexity index is 657. The Morgan fingerprint density at radius 2 is 2.04 bits per heavy atom. The molecule has 1 unspecified atom stereocenters. The number of H-pyrrole nitrogens is 1. The second-order valence-corrected chi connectivity index (χ2v) is 7.50. The maximum atomic E-state index is 12.2. The van der Waals surface area contributed by atoms with Gasteiger partial charge in [-0.1, -0.05) is 44.9 Å². The van der Waals surface area contributed by atoms with E-state index < -0.39 is 0 Å². The van der Waals surface area contributed by atoms with E-state index in [0.29, 0.717) is 12.8 Å². The highest BCUT2D eigenvalue weighted by molar-refractivity contribution is 5.83. The van der Waals surface area contributed by atoms with Crippen LogP contribution in [0.4, 0.5) is 0 Å². The summed E-state index contributed by atoms with van der Waals surface area (Å²) in [7, 11) is 0. The van der Waals surface area contributed by atoms with Crippen LogP contribution in [0, 0.1) is 5.92 Å². The van der Waals surface area contributed by atoms with E-state index in [-0.39, 0.29) is 11.6 Å². The van der Waals surface area contributed by atoms with Crippen molar-refractivity contribution in [3.63, 3.8) is 0 Å². The normalized spacial score (nSPS) is 13.2. The number of aromatic amines is 1. The van der Waals surface area contributed by atoms with Crippen molar-refractivity contribution in [3.05, 3.63) is 36.0 Å². The van der Waals surface area contributed by atoms with Gasteiger partial charge in [-0.25, -0.2) is 0 Å². The number of hydrogen-bond acceptors (Lipinski definition) is 2. The SMILES string of the molecule is CCC(C)CCCC(C)(C)OC(=O)CCc1c[nH]c2ccccc12. The van der Waals surface area contributed by atoms with Crippen molar-refractivity contribution in [2.75, 3.05) is 0 Å². The minimum atomic E-state index is -0.370. The second kappa shape index (κ2) is 8.36. The molecule has 132 valence electrons. The fraction of sp³-hybridized carbons (Fsp3) is 0.571. The Hall–Kier alpha value is -1.77. The van der Waals surface area contributed by atoms with Gasteiger partial charge in [0.05, 0.1) is 0 Å². The average Bonchev–Trinajstić information content (AvgIpc) is 2.95. The van der Waals surface area contributed by atoms with Gasteiger partial charge in [0.2, 0.25) is 0 Å². The zero-order valence-electron chi connectivity index (χ0n) is 15.5. The van der Waals surface area contributed by atoms with Crippen LogP contribution in [0.15, 0.2) is 30.5 Å². The van der Waals surface area contributed by atoms with Crippen LogP contribution in [-0.4, -0.2) is 16.6 Å². The van der Waals surface area contributed by atoms with Crippen molar-refractivity contribution in [2.45, 2.75) is 71.8 Å². The van der Waals surface area contributed by atoms with Crippen molar-refractivity contribution in [1.29, 1.82) is 0 Å². The van der Waals surface area contributed by atoms with E-state index in [9.17, 15) is 4.79 Å². The predicted molar refractivity (Wildman–Crippen MR) is 100 cm³/mol. The minimum absolute atomic E-state index is 0.103. The van der Waals surface area contributed by atoms with Crippen molar-refractivity contribution >= 4 is 16.9 Å². The zero-order valence-corrected chi connectivity index (χ0v) is 15.5. The molecule has 1 atom stereocenters. The van der Waals surface area contributed by atoms with Crippen molar-refractivity contribution in [2.24, 2.45) is 5.92 Å². The molecule has 1 heterocycles.